The normalized spacial score (nSPS) is 18.6. The molecule has 40 heavy (non-hydrogen) atoms. The first-order chi connectivity index (χ1) is 19.5. The smallest absolute Gasteiger partial charge is 0.161 e. The summed E-state index contributed by atoms with van der Waals surface area (Å²) in [6, 6.07) is 11.1. The lowest BCUT2D eigenvalue weighted by Crippen LogP contribution is -2.68. The van der Waals surface area contributed by atoms with E-state index >= 15 is 0 Å². The SMILES string of the molecule is Cc1cc(Cc2cnn(C)c2)nc(-c2ccc(N3CC4CC(C3)N4Cc3ccc(-n4cc(F)cn4)nc3)nc2)n1. The Morgan fingerprint density at radius 2 is 1.70 bits per heavy atom. The molecule has 2 unspecified atom stereocenters. The highest BCUT2D eigenvalue weighted by Gasteiger charge is 2.44. The highest BCUT2D eigenvalue weighted by molar-refractivity contribution is 5.57. The average Bonchev–Trinajstić information content (AvgIpc) is 3.59. The van der Waals surface area contributed by atoms with Crippen LogP contribution in [0.3, 0.4) is 0 Å². The molecule has 0 saturated carbocycles. The molecule has 2 bridgehead atoms. The minimum absolute atomic E-state index is 0.373. The standard InChI is InChI=1S/C29H29FN10/c1-19-7-24(8-21-11-33-37(2)14-21)36-29(35-19)22-4-6-27(32-12-22)38-17-25-9-26(18-38)39(25)15-20-3-5-28(31-10-20)40-16-23(30)13-34-40/h3-7,10-14,16,25-26H,8-9,15,17-18H2,1-2H3. The molecule has 10 nitrogen and oxygen atoms in total. The van der Waals surface area contributed by atoms with Crippen LogP contribution in [-0.4, -0.2) is 69.6 Å². The van der Waals surface area contributed by atoms with Crippen molar-refractivity contribution in [3.05, 3.63) is 95.8 Å². The van der Waals surface area contributed by atoms with E-state index in [9.17, 15) is 4.39 Å². The van der Waals surface area contributed by atoms with Crippen molar-refractivity contribution in [2.24, 2.45) is 7.05 Å². The second kappa shape index (κ2) is 9.91. The monoisotopic (exact) mass is 536 g/mol. The van der Waals surface area contributed by atoms with E-state index in [-0.39, 0.29) is 5.82 Å². The molecule has 5 aromatic heterocycles. The quantitative estimate of drug-likeness (QED) is 0.313. The molecular weight excluding hydrogens is 507 g/mol. The molecule has 0 N–H and O–H groups in total. The molecule has 0 amide bonds. The van der Waals surface area contributed by atoms with Crippen LogP contribution in [0.5, 0.6) is 0 Å². The second-order valence-corrected chi connectivity index (χ2v) is 10.7. The van der Waals surface area contributed by atoms with E-state index in [1.165, 1.54) is 23.5 Å². The van der Waals surface area contributed by atoms with Gasteiger partial charge in [-0.3, -0.25) is 9.58 Å². The van der Waals surface area contributed by atoms with Crippen LogP contribution >= 0.6 is 0 Å². The van der Waals surface area contributed by atoms with E-state index in [0.717, 1.165) is 53.5 Å². The van der Waals surface area contributed by atoms with Gasteiger partial charge in [-0.05, 0) is 48.7 Å². The first-order valence-electron chi connectivity index (χ1n) is 13.4. The van der Waals surface area contributed by atoms with Crippen molar-refractivity contribution in [1.29, 1.82) is 0 Å². The lowest BCUT2D eigenvalue weighted by atomic mass is 9.87. The van der Waals surface area contributed by atoms with Gasteiger partial charge in [-0.2, -0.15) is 10.2 Å². The fraction of sp³-hybridized carbons (Fsp3) is 0.310. The van der Waals surface area contributed by atoms with E-state index in [1.54, 1.807) is 4.68 Å². The maximum absolute atomic E-state index is 13.3. The number of piperazine rings is 1. The van der Waals surface area contributed by atoms with Crippen molar-refractivity contribution in [3.8, 4) is 17.2 Å². The Labute approximate surface area is 231 Å². The highest BCUT2D eigenvalue weighted by Crippen LogP contribution is 2.35. The van der Waals surface area contributed by atoms with Crippen LogP contribution in [0.4, 0.5) is 10.2 Å². The molecule has 0 spiro atoms. The van der Waals surface area contributed by atoms with Gasteiger partial charge >= 0.3 is 0 Å². The Balaban J connectivity index is 0.991. The highest BCUT2D eigenvalue weighted by atomic mass is 19.1. The zero-order valence-corrected chi connectivity index (χ0v) is 22.4. The first kappa shape index (κ1) is 24.5. The Bertz CT molecular complexity index is 1630. The van der Waals surface area contributed by atoms with E-state index < -0.39 is 0 Å². The summed E-state index contributed by atoms with van der Waals surface area (Å²) in [6.07, 6.45) is 12.0. The minimum Gasteiger partial charge on any atom is -0.353 e. The first-order valence-corrected chi connectivity index (χ1v) is 13.4. The number of aromatic nitrogens is 8. The van der Waals surface area contributed by atoms with Gasteiger partial charge in [-0.15, -0.1) is 0 Å². The molecule has 202 valence electrons. The molecule has 2 atom stereocenters. The molecular formula is C29H29FN10. The molecule has 8 rings (SSSR count). The minimum atomic E-state index is -0.373. The Morgan fingerprint density at radius 3 is 2.38 bits per heavy atom. The van der Waals surface area contributed by atoms with E-state index in [0.29, 0.717) is 30.1 Å². The van der Waals surface area contributed by atoms with Gasteiger partial charge in [0, 0.05) is 80.7 Å². The molecule has 0 aliphatic carbocycles. The van der Waals surface area contributed by atoms with Crippen LogP contribution in [0.25, 0.3) is 17.2 Å². The Hall–Kier alpha value is -4.51. The summed E-state index contributed by atoms with van der Waals surface area (Å²) in [6.45, 7) is 4.73. The number of anilines is 1. The third kappa shape index (κ3) is 4.84. The van der Waals surface area contributed by atoms with Crippen LogP contribution in [0.2, 0.25) is 0 Å². The molecule has 0 aromatic carbocycles. The topological polar surface area (TPSA) is 93.7 Å². The third-order valence-electron chi connectivity index (χ3n) is 7.69. The van der Waals surface area contributed by atoms with Gasteiger partial charge in [0.2, 0.25) is 0 Å². The predicted molar refractivity (Wildman–Crippen MR) is 147 cm³/mol. The number of nitrogens with zero attached hydrogens (tertiary/aromatic N) is 10. The summed E-state index contributed by atoms with van der Waals surface area (Å²) in [5.74, 6) is 1.92. The summed E-state index contributed by atoms with van der Waals surface area (Å²) < 4.78 is 16.5. The van der Waals surface area contributed by atoms with Gasteiger partial charge < -0.3 is 4.90 Å². The molecule has 11 heteroatoms. The number of hydrogen-bond acceptors (Lipinski definition) is 8. The van der Waals surface area contributed by atoms with Crippen LogP contribution in [-0.2, 0) is 20.0 Å². The summed E-state index contributed by atoms with van der Waals surface area (Å²) in [5, 5.41) is 8.24. The van der Waals surface area contributed by atoms with E-state index in [2.05, 4.69) is 42.1 Å². The lowest BCUT2D eigenvalue weighted by molar-refractivity contribution is -0.00875. The van der Waals surface area contributed by atoms with Gasteiger partial charge in [-0.25, -0.2) is 29.0 Å². The number of halogens is 1. The molecule has 3 saturated heterocycles. The molecule has 3 aliphatic rings. The number of rotatable bonds is 7. The largest absolute Gasteiger partial charge is 0.353 e. The van der Waals surface area contributed by atoms with Gasteiger partial charge in [0.05, 0.1) is 18.6 Å². The van der Waals surface area contributed by atoms with Crippen molar-refractivity contribution in [3.63, 3.8) is 0 Å². The second-order valence-electron chi connectivity index (χ2n) is 10.7. The van der Waals surface area contributed by atoms with Crippen molar-refractivity contribution >= 4 is 5.82 Å². The Morgan fingerprint density at radius 1 is 0.875 bits per heavy atom. The fourth-order valence-corrected chi connectivity index (χ4v) is 5.75. The summed E-state index contributed by atoms with van der Waals surface area (Å²) in [5.41, 5.74) is 5.08. The zero-order chi connectivity index (χ0) is 27.2. The van der Waals surface area contributed by atoms with Crippen molar-refractivity contribution in [2.45, 2.75) is 38.4 Å². The summed E-state index contributed by atoms with van der Waals surface area (Å²) in [4.78, 5) is 23.7. The van der Waals surface area contributed by atoms with Gasteiger partial charge in [0.25, 0.3) is 0 Å². The maximum Gasteiger partial charge on any atom is 0.161 e. The number of piperidine rings is 1. The van der Waals surface area contributed by atoms with Crippen LogP contribution in [0, 0.1) is 12.7 Å². The molecule has 8 heterocycles. The Kier molecular flexibility index (Phi) is 6.07. The molecule has 3 fully saturated rings. The molecule has 5 aromatic rings. The number of aryl methyl sites for hydroxylation is 2. The van der Waals surface area contributed by atoms with Crippen molar-refractivity contribution in [2.75, 3.05) is 18.0 Å². The van der Waals surface area contributed by atoms with Gasteiger partial charge in [0.1, 0.15) is 5.82 Å². The van der Waals surface area contributed by atoms with Crippen LogP contribution in [0.15, 0.2) is 67.5 Å². The molecule has 3 aliphatic heterocycles. The summed E-state index contributed by atoms with van der Waals surface area (Å²) in [7, 11) is 1.92. The van der Waals surface area contributed by atoms with Crippen molar-refractivity contribution in [1.82, 2.24) is 44.4 Å². The summed E-state index contributed by atoms with van der Waals surface area (Å²) >= 11 is 0. The maximum atomic E-state index is 13.3. The van der Waals surface area contributed by atoms with Gasteiger partial charge in [0.15, 0.2) is 17.5 Å². The van der Waals surface area contributed by atoms with Gasteiger partial charge in [-0.1, -0.05) is 6.07 Å². The number of pyridine rings is 2. The van der Waals surface area contributed by atoms with E-state index in [1.807, 2.05) is 57.0 Å². The number of hydrogen-bond donors (Lipinski definition) is 0. The van der Waals surface area contributed by atoms with E-state index in [4.69, 9.17) is 9.97 Å². The fourth-order valence-electron chi connectivity index (χ4n) is 5.75. The van der Waals surface area contributed by atoms with Crippen molar-refractivity contribution < 1.29 is 4.39 Å². The third-order valence-corrected chi connectivity index (χ3v) is 7.69. The lowest BCUT2D eigenvalue weighted by Gasteiger charge is -2.56. The zero-order valence-electron chi connectivity index (χ0n) is 22.4. The van der Waals surface area contributed by atoms with Crippen LogP contribution in [0.1, 0.15) is 28.9 Å². The number of fused-ring (bicyclic) bond motifs is 2. The van der Waals surface area contributed by atoms with Crippen LogP contribution < -0.4 is 4.90 Å². The average molecular weight is 537 g/mol. The molecule has 0 radical (unpaired) electrons. The predicted octanol–water partition coefficient (Wildman–Crippen LogP) is 3.35.